The van der Waals surface area contributed by atoms with E-state index in [9.17, 15) is 9.59 Å². The zero-order chi connectivity index (χ0) is 9.56. The van der Waals surface area contributed by atoms with Crippen LogP contribution in [0.15, 0.2) is 0 Å². The molecular weight excluding hydrogens is 162 g/mol. The lowest BCUT2D eigenvalue weighted by atomic mass is 10.5. The second-order valence-corrected chi connectivity index (χ2v) is 2.11. The van der Waals surface area contributed by atoms with Crippen LogP contribution in [0.1, 0.15) is 20.3 Å². The Bertz CT molecular complexity index is 151. The van der Waals surface area contributed by atoms with Crippen molar-refractivity contribution in [2.75, 3.05) is 6.54 Å². The van der Waals surface area contributed by atoms with Crippen LogP contribution in [0.25, 0.3) is 0 Å². The third-order valence-corrected chi connectivity index (χ3v) is 1.05. The monoisotopic (exact) mass is 175 g/mol. The SMILES string of the molecule is CCC(=O)OC(C)OC(=O)CN. The number of esters is 2. The first-order chi connectivity index (χ1) is 5.60. The summed E-state index contributed by atoms with van der Waals surface area (Å²) in [4.78, 5) is 21.2. The molecule has 0 heterocycles. The minimum atomic E-state index is -0.853. The Balaban J connectivity index is 3.66. The van der Waals surface area contributed by atoms with Gasteiger partial charge in [-0.3, -0.25) is 9.59 Å². The Labute approximate surface area is 70.8 Å². The summed E-state index contributed by atoms with van der Waals surface area (Å²) in [6, 6.07) is 0. The quantitative estimate of drug-likeness (QED) is 0.472. The summed E-state index contributed by atoms with van der Waals surface area (Å²) in [6.07, 6.45) is -0.599. The van der Waals surface area contributed by atoms with Crippen molar-refractivity contribution in [3.05, 3.63) is 0 Å². The third-order valence-electron chi connectivity index (χ3n) is 1.05. The van der Waals surface area contributed by atoms with Gasteiger partial charge in [-0.15, -0.1) is 0 Å². The van der Waals surface area contributed by atoms with Gasteiger partial charge in [-0.05, 0) is 0 Å². The lowest BCUT2D eigenvalue weighted by molar-refractivity contribution is -0.183. The van der Waals surface area contributed by atoms with E-state index < -0.39 is 18.2 Å². The summed E-state index contributed by atoms with van der Waals surface area (Å²) < 4.78 is 9.20. The standard InChI is InChI=1S/C7H13NO4/c1-3-6(9)11-5(2)12-7(10)4-8/h5H,3-4,8H2,1-2H3. The maximum absolute atomic E-state index is 10.6. The van der Waals surface area contributed by atoms with Gasteiger partial charge in [0.05, 0.1) is 6.54 Å². The molecule has 0 fully saturated rings. The van der Waals surface area contributed by atoms with Gasteiger partial charge in [0, 0.05) is 13.3 Å². The minimum Gasteiger partial charge on any atom is -0.425 e. The van der Waals surface area contributed by atoms with E-state index in [0.29, 0.717) is 0 Å². The molecule has 0 radical (unpaired) electrons. The number of ether oxygens (including phenoxy) is 2. The Morgan fingerprint density at radius 2 is 1.83 bits per heavy atom. The molecule has 0 aromatic carbocycles. The lowest BCUT2D eigenvalue weighted by Gasteiger charge is -2.12. The maximum Gasteiger partial charge on any atom is 0.322 e. The summed E-state index contributed by atoms with van der Waals surface area (Å²) in [5.74, 6) is -1.00. The number of carbonyl (C=O) groups is 2. The van der Waals surface area contributed by atoms with E-state index in [1.54, 1.807) is 6.92 Å². The fourth-order valence-electron chi connectivity index (χ4n) is 0.526. The van der Waals surface area contributed by atoms with Crippen LogP contribution in [0, 0.1) is 0 Å². The summed E-state index contributed by atoms with van der Waals surface area (Å²) in [7, 11) is 0. The predicted octanol–water partition coefficient (Wildman–Crippen LogP) is -0.213. The smallest absolute Gasteiger partial charge is 0.322 e. The molecule has 0 aliphatic rings. The zero-order valence-corrected chi connectivity index (χ0v) is 7.20. The van der Waals surface area contributed by atoms with Gasteiger partial charge in [0.2, 0.25) is 6.29 Å². The molecule has 12 heavy (non-hydrogen) atoms. The highest BCUT2D eigenvalue weighted by Gasteiger charge is 2.10. The fourth-order valence-corrected chi connectivity index (χ4v) is 0.526. The van der Waals surface area contributed by atoms with Crippen LogP contribution in [0.2, 0.25) is 0 Å². The average Bonchev–Trinajstić information content (AvgIpc) is 2.03. The van der Waals surface area contributed by atoms with Crippen LogP contribution in [-0.2, 0) is 19.1 Å². The molecule has 5 nitrogen and oxygen atoms in total. The first kappa shape index (κ1) is 10.9. The summed E-state index contributed by atoms with van der Waals surface area (Å²) in [6.45, 7) is 2.90. The minimum absolute atomic E-state index is 0.214. The summed E-state index contributed by atoms with van der Waals surface area (Å²) >= 11 is 0. The lowest BCUT2D eigenvalue weighted by Crippen LogP contribution is -2.25. The zero-order valence-electron chi connectivity index (χ0n) is 7.20. The van der Waals surface area contributed by atoms with Gasteiger partial charge in [-0.1, -0.05) is 6.92 Å². The molecule has 70 valence electrons. The molecule has 0 aromatic rings. The number of hydrogen-bond donors (Lipinski definition) is 1. The van der Waals surface area contributed by atoms with E-state index in [2.05, 4.69) is 9.47 Å². The van der Waals surface area contributed by atoms with E-state index in [-0.39, 0.29) is 13.0 Å². The van der Waals surface area contributed by atoms with E-state index >= 15 is 0 Å². The molecule has 0 saturated heterocycles. The molecule has 0 aliphatic carbocycles. The molecule has 0 aromatic heterocycles. The highest BCUT2D eigenvalue weighted by atomic mass is 16.7. The van der Waals surface area contributed by atoms with E-state index in [4.69, 9.17) is 5.73 Å². The second kappa shape index (κ2) is 5.54. The van der Waals surface area contributed by atoms with E-state index in [1.807, 2.05) is 0 Å². The van der Waals surface area contributed by atoms with Crippen LogP contribution in [-0.4, -0.2) is 24.8 Å². The van der Waals surface area contributed by atoms with Gasteiger partial charge in [0.15, 0.2) is 0 Å². The summed E-state index contributed by atoms with van der Waals surface area (Å²) in [5, 5.41) is 0. The van der Waals surface area contributed by atoms with Crippen LogP contribution in [0.4, 0.5) is 0 Å². The molecule has 2 N–H and O–H groups in total. The van der Waals surface area contributed by atoms with Crippen molar-refractivity contribution in [1.29, 1.82) is 0 Å². The first-order valence-corrected chi connectivity index (χ1v) is 3.69. The highest BCUT2D eigenvalue weighted by molar-refractivity contribution is 5.72. The largest absolute Gasteiger partial charge is 0.425 e. The van der Waals surface area contributed by atoms with Crippen molar-refractivity contribution in [2.24, 2.45) is 5.73 Å². The van der Waals surface area contributed by atoms with Crippen molar-refractivity contribution in [3.8, 4) is 0 Å². The number of hydrogen-bond acceptors (Lipinski definition) is 5. The molecule has 1 unspecified atom stereocenters. The van der Waals surface area contributed by atoms with Crippen molar-refractivity contribution in [3.63, 3.8) is 0 Å². The Morgan fingerprint density at radius 1 is 1.33 bits per heavy atom. The van der Waals surface area contributed by atoms with Crippen molar-refractivity contribution in [2.45, 2.75) is 26.6 Å². The van der Waals surface area contributed by atoms with Gasteiger partial charge in [-0.2, -0.15) is 0 Å². The number of nitrogens with two attached hydrogens (primary N) is 1. The molecule has 0 aliphatic heterocycles. The van der Waals surface area contributed by atoms with Gasteiger partial charge in [-0.25, -0.2) is 0 Å². The normalized spacial score (nSPS) is 11.9. The average molecular weight is 175 g/mol. The maximum atomic E-state index is 10.6. The molecular formula is C7H13NO4. The van der Waals surface area contributed by atoms with Gasteiger partial charge in [0.25, 0.3) is 0 Å². The van der Waals surface area contributed by atoms with Gasteiger partial charge in [0.1, 0.15) is 0 Å². The second-order valence-electron chi connectivity index (χ2n) is 2.11. The summed E-state index contributed by atoms with van der Waals surface area (Å²) in [5.41, 5.74) is 4.97. The van der Waals surface area contributed by atoms with Gasteiger partial charge >= 0.3 is 11.9 Å². The molecule has 0 amide bonds. The Kier molecular flexibility index (Phi) is 5.03. The van der Waals surface area contributed by atoms with Crippen LogP contribution < -0.4 is 5.73 Å². The van der Waals surface area contributed by atoms with Crippen LogP contribution >= 0.6 is 0 Å². The van der Waals surface area contributed by atoms with Gasteiger partial charge < -0.3 is 15.2 Å². The van der Waals surface area contributed by atoms with Crippen LogP contribution in [0.3, 0.4) is 0 Å². The molecule has 0 rings (SSSR count). The Morgan fingerprint density at radius 3 is 2.25 bits per heavy atom. The highest BCUT2D eigenvalue weighted by Crippen LogP contribution is 1.96. The molecule has 0 spiro atoms. The van der Waals surface area contributed by atoms with Crippen LogP contribution in [0.5, 0.6) is 0 Å². The number of carbonyl (C=O) groups excluding carboxylic acids is 2. The number of rotatable bonds is 4. The molecule has 5 heteroatoms. The topological polar surface area (TPSA) is 78.6 Å². The molecule has 0 saturated carbocycles. The van der Waals surface area contributed by atoms with Crippen molar-refractivity contribution >= 4 is 11.9 Å². The predicted molar refractivity (Wildman–Crippen MR) is 41.0 cm³/mol. The van der Waals surface area contributed by atoms with Crippen molar-refractivity contribution < 1.29 is 19.1 Å². The molecule has 0 bridgehead atoms. The fraction of sp³-hybridized carbons (Fsp3) is 0.714. The van der Waals surface area contributed by atoms with Crippen molar-refractivity contribution in [1.82, 2.24) is 0 Å². The molecule has 1 atom stereocenters. The Hall–Kier alpha value is -1.10. The first-order valence-electron chi connectivity index (χ1n) is 3.69. The third kappa shape index (κ3) is 4.68. The van der Waals surface area contributed by atoms with E-state index in [1.165, 1.54) is 6.92 Å². The van der Waals surface area contributed by atoms with E-state index in [0.717, 1.165) is 0 Å².